The molecular formula is C112H86N6O20. The molecule has 0 aromatic heterocycles. The van der Waals surface area contributed by atoms with Gasteiger partial charge in [0.1, 0.15) is 97.1 Å². The SMILES string of the molecule is C=CCOc1cc(Oc2cccc(Oc3ccc(N4C(=O)C=CC4=O)c(OCC=C)c3)c2)ccc1N1C(=O)C=CC1=O.C=CCOc1ccc(C2(c3ccc(OCC=C)c(N4C(=O)C=CC4=O)c3)c3ccccc3-c3ccccc32)cc1N1C(=O)C=CC1=O.C=CCOc1ccc(Cc2cc(Cc3ccc(N4C(=O)C=CC4=O)c(Cc4ccc(OCC=C)cc4)c3)ccc2N2C(=O)C=CC2=O)cc1. The van der Waals surface area contributed by atoms with E-state index >= 15 is 0 Å². The lowest BCUT2D eigenvalue weighted by molar-refractivity contribution is -0.121. The van der Waals surface area contributed by atoms with Crippen molar-refractivity contribution in [2.45, 2.75) is 24.7 Å². The van der Waals surface area contributed by atoms with Crippen molar-refractivity contribution < 1.29 is 95.4 Å². The molecule has 11 aromatic carbocycles. The quantitative estimate of drug-likeness (QED) is 0.0260. The first-order valence-corrected chi connectivity index (χ1v) is 43.5. The monoisotopic (exact) mass is 1830 g/mol. The standard InChI is InChI=1S/C41H34N2O6.C39H28N2O6.C32H24N2O8/c1-3-21-48-34-11-5-28(6-12-34)24-32-26-30(9-15-36(32)42-38(44)17-18-39(42)45)23-31-10-16-37(43-40(46)19-20-41(43)47)33(27-31)25-29-7-13-35(14-8-29)49-22-4-2;1-3-21-46-33-15-13-25(23-31(33)40-35(42)17-18-36(40)43)39(29-11-7-5-9-27(29)28-10-6-8-12-30(28)39)26-14-16-34(47-22-4-2)32(24-26)41-37(44)19-20-38(41)45;1-3-16-39-27-19-23(8-10-25(27)33-29(35)12-13-30(33)36)41-21-6-5-7-22(18-21)42-24-9-11-26(28(20-24)40-17-4-2)34-31(37)14-15-32(34)38/h3-20,26-27H,1-2,21-25H2;3-20,23-24H,1-2,21-22H2;3-15,18-20H,1-2,16-17H2. The van der Waals surface area contributed by atoms with Crippen LogP contribution >= 0.6 is 0 Å². The second-order valence-electron chi connectivity index (χ2n) is 31.6. The zero-order chi connectivity index (χ0) is 96.7. The highest BCUT2D eigenvalue weighted by Gasteiger charge is 2.48. The van der Waals surface area contributed by atoms with Gasteiger partial charge >= 0.3 is 0 Å². The molecule has 7 aliphatic rings. The summed E-state index contributed by atoms with van der Waals surface area (Å²) in [6.07, 6.45) is 25.9. The predicted molar refractivity (Wildman–Crippen MR) is 521 cm³/mol. The molecule has 18 rings (SSSR count). The van der Waals surface area contributed by atoms with E-state index in [0.717, 1.165) is 97.9 Å². The van der Waals surface area contributed by atoms with Crippen LogP contribution in [0.3, 0.4) is 0 Å². The van der Waals surface area contributed by atoms with Gasteiger partial charge in [-0.15, -0.1) is 0 Å². The summed E-state index contributed by atoms with van der Waals surface area (Å²) in [6.45, 7) is 23.5. The van der Waals surface area contributed by atoms with Crippen LogP contribution in [0.4, 0.5) is 34.1 Å². The summed E-state index contributed by atoms with van der Waals surface area (Å²) in [6, 6.07) is 70.2. The Morgan fingerprint density at radius 2 is 0.500 bits per heavy atom. The van der Waals surface area contributed by atoms with E-state index in [1.54, 1.807) is 121 Å². The summed E-state index contributed by atoms with van der Waals surface area (Å²) in [4.78, 5) is 158. The summed E-state index contributed by atoms with van der Waals surface area (Å²) in [5.41, 5.74) is 12.0. The molecule has 6 aliphatic heterocycles. The predicted octanol–water partition coefficient (Wildman–Crippen LogP) is 17.7. The summed E-state index contributed by atoms with van der Waals surface area (Å²) in [5.74, 6) is -1.05. The second kappa shape index (κ2) is 41.5. The van der Waals surface area contributed by atoms with Crippen LogP contribution in [-0.2, 0) is 82.2 Å². The van der Waals surface area contributed by atoms with Crippen molar-refractivity contribution in [3.8, 4) is 68.6 Å². The van der Waals surface area contributed by atoms with Gasteiger partial charge in [-0.25, -0.2) is 29.4 Å². The van der Waals surface area contributed by atoms with Crippen molar-refractivity contribution in [3.63, 3.8) is 0 Å². The van der Waals surface area contributed by atoms with Crippen LogP contribution in [0.1, 0.15) is 55.6 Å². The minimum absolute atomic E-state index is 0.150. The number of anilines is 6. The molecule has 26 nitrogen and oxygen atoms in total. The van der Waals surface area contributed by atoms with Gasteiger partial charge in [0.25, 0.3) is 70.9 Å². The van der Waals surface area contributed by atoms with Gasteiger partial charge in [-0.3, -0.25) is 57.5 Å². The molecular weight excluding hydrogens is 1750 g/mol. The molecule has 138 heavy (non-hydrogen) atoms. The van der Waals surface area contributed by atoms with Gasteiger partial charge in [0, 0.05) is 91.1 Å². The summed E-state index contributed by atoms with van der Waals surface area (Å²) in [7, 11) is 0. The van der Waals surface area contributed by atoms with Crippen LogP contribution < -0.4 is 67.3 Å². The molecule has 0 radical (unpaired) electrons. The van der Waals surface area contributed by atoms with Crippen molar-refractivity contribution in [1.29, 1.82) is 0 Å². The summed E-state index contributed by atoms with van der Waals surface area (Å²) in [5, 5.41) is 0. The molecule has 0 bridgehead atoms. The van der Waals surface area contributed by atoms with Crippen LogP contribution in [0.2, 0.25) is 0 Å². The number of hydrogen-bond donors (Lipinski definition) is 0. The van der Waals surface area contributed by atoms with Crippen LogP contribution in [0, 0.1) is 0 Å². The Balaban J connectivity index is 0.000000150. The van der Waals surface area contributed by atoms with Crippen molar-refractivity contribution in [2.75, 3.05) is 69.0 Å². The van der Waals surface area contributed by atoms with Crippen molar-refractivity contribution in [2.24, 2.45) is 0 Å². The van der Waals surface area contributed by atoms with Crippen LogP contribution in [-0.4, -0.2) is 111 Å². The third-order valence-corrected chi connectivity index (χ3v) is 22.7. The van der Waals surface area contributed by atoms with E-state index < -0.39 is 52.7 Å². The maximum absolute atomic E-state index is 13.0. The number of carbonyl (C=O) groups is 12. The lowest BCUT2D eigenvalue weighted by atomic mass is 9.67. The second-order valence-corrected chi connectivity index (χ2v) is 31.6. The number of rotatable bonds is 36. The van der Waals surface area contributed by atoms with Gasteiger partial charge in [0.15, 0.2) is 0 Å². The first-order chi connectivity index (χ1) is 67.1. The Labute approximate surface area is 793 Å². The molecule has 11 aromatic rings. The average molecular weight is 1840 g/mol. The smallest absolute Gasteiger partial charge is 0.258 e. The third-order valence-electron chi connectivity index (χ3n) is 22.7. The fraction of sp³-hybridized carbons (Fsp3) is 0.0893. The fourth-order valence-electron chi connectivity index (χ4n) is 16.7. The van der Waals surface area contributed by atoms with E-state index in [1.807, 2.05) is 133 Å². The van der Waals surface area contributed by atoms with E-state index in [0.29, 0.717) is 78.3 Å². The van der Waals surface area contributed by atoms with Crippen molar-refractivity contribution in [1.82, 2.24) is 0 Å². The van der Waals surface area contributed by atoms with Crippen molar-refractivity contribution in [3.05, 3.63) is 435 Å². The largest absolute Gasteiger partial charge is 0.490 e. The molecule has 0 atom stereocenters. The van der Waals surface area contributed by atoms with Gasteiger partial charge in [-0.2, -0.15) is 0 Å². The van der Waals surface area contributed by atoms with Crippen molar-refractivity contribution >= 4 is 105 Å². The zero-order valence-electron chi connectivity index (χ0n) is 74.3. The molecule has 12 amide bonds. The Kier molecular flexibility index (Phi) is 27.9. The van der Waals surface area contributed by atoms with E-state index in [1.165, 1.54) is 82.7 Å². The normalized spacial score (nSPS) is 14.5. The number of nitrogens with zero attached hydrogens (tertiary/aromatic N) is 6. The number of hydrogen-bond acceptors (Lipinski definition) is 20. The maximum atomic E-state index is 13.0. The number of imide groups is 6. The highest BCUT2D eigenvalue weighted by Crippen LogP contribution is 2.58. The molecule has 0 fully saturated rings. The highest BCUT2D eigenvalue weighted by molar-refractivity contribution is 6.32. The molecule has 0 unspecified atom stereocenters. The molecule has 26 heteroatoms. The Hall–Kier alpha value is -18.5. The number of ether oxygens (including phenoxy) is 8. The third kappa shape index (κ3) is 19.6. The van der Waals surface area contributed by atoms with E-state index in [2.05, 4.69) is 51.6 Å². The van der Waals surface area contributed by atoms with E-state index in [4.69, 9.17) is 37.9 Å². The van der Waals surface area contributed by atoms with Crippen LogP contribution in [0.25, 0.3) is 11.1 Å². The van der Waals surface area contributed by atoms with Gasteiger partial charge in [0.05, 0.1) is 39.5 Å². The molecule has 0 N–H and O–H groups in total. The summed E-state index contributed by atoms with van der Waals surface area (Å²) >= 11 is 0. The Morgan fingerprint density at radius 1 is 0.225 bits per heavy atom. The number of amides is 12. The first-order valence-electron chi connectivity index (χ1n) is 43.5. The molecule has 684 valence electrons. The first kappa shape index (κ1) is 92.8. The Morgan fingerprint density at radius 3 is 0.833 bits per heavy atom. The van der Waals surface area contributed by atoms with Gasteiger partial charge < -0.3 is 37.9 Å². The average Bonchev–Trinajstić information content (AvgIpc) is 1.53. The lowest BCUT2D eigenvalue weighted by Crippen LogP contribution is -2.33. The summed E-state index contributed by atoms with van der Waals surface area (Å²) < 4.78 is 46.6. The fourth-order valence-corrected chi connectivity index (χ4v) is 16.7. The molecule has 0 saturated heterocycles. The number of carbonyl (C=O) groups excluding carboxylic acids is 12. The van der Waals surface area contributed by atoms with Gasteiger partial charge in [0.2, 0.25) is 0 Å². The van der Waals surface area contributed by atoms with E-state index in [9.17, 15) is 57.5 Å². The van der Waals surface area contributed by atoms with Gasteiger partial charge in [-0.05, 0) is 183 Å². The minimum Gasteiger partial charge on any atom is -0.490 e. The molecule has 1 aliphatic carbocycles. The number of benzene rings is 11. The molecule has 0 spiro atoms. The lowest BCUT2D eigenvalue weighted by Gasteiger charge is -2.35. The van der Waals surface area contributed by atoms with E-state index in [-0.39, 0.29) is 84.3 Å². The van der Waals surface area contributed by atoms with Gasteiger partial charge in [-0.1, -0.05) is 191 Å². The highest BCUT2D eigenvalue weighted by atomic mass is 16.5. The zero-order valence-corrected chi connectivity index (χ0v) is 74.3. The molecule has 0 saturated carbocycles. The Bertz CT molecular complexity index is 6570. The minimum atomic E-state index is -1.02. The topological polar surface area (TPSA) is 298 Å². The number of fused-ring (bicyclic) bond motifs is 3. The van der Waals surface area contributed by atoms with Crippen LogP contribution in [0.5, 0.6) is 57.5 Å². The maximum Gasteiger partial charge on any atom is 0.258 e. The van der Waals surface area contributed by atoms with Crippen LogP contribution in [0.15, 0.2) is 379 Å². The molecule has 6 heterocycles.